The number of carbonyl (C=O) groups is 1. The van der Waals surface area contributed by atoms with Gasteiger partial charge in [0.2, 0.25) is 0 Å². The molecule has 0 fully saturated rings. The summed E-state index contributed by atoms with van der Waals surface area (Å²) in [6, 6.07) is 10.9. The highest BCUT2D eigenvalue weighted by atomic mass is 35.5. The van der Waals surface area contributed by atoms with Gasteiger partial charge in [0.15, 0.2) is 0 Å². The largest absolute Gasteiger partial charge is 0.334 e. The lowest BCUT2D eigenvalue weighted by atomic mass is 10.1. The van der Waals surface area contributed by atoms with Crippen molar-refractivity contribution < 1.29 is 4.79 Å². The number of hydrogen-bond acceptors (Lipinski definition) is 2. The highest BCUT2D eigenvalue weighted by Gasteiger charge is 2.09. The molecule has 2 aromatic carbocycles. The third-order valence-electron chi connectivity index (χ3n) is 3.42. The summed E-state index contributed by atoms with van der Waals surface area (Å²) < 4.78 is 1.91. The molecule has 3 aromatic rings. The quantitative estimate of drug-likeness (QED) is 0.782. The van der Waals surface area contributed by atoms with Crippen molar-refractivity contribution in [3.05, 3.63) is 58.9 Å². The van der Waals surface area contributed by atoms with Gasteiger partial charge in [0.25, 0.3) is 5.91 Å². The predicted octanol–water partition coefficient (Wildman–Crippen LogP) is 3.79. The van der Waals surface area contributed by atoms with Gasteiger partial charge >= 0.3 is 0 Å². The Morgan fingerprint density at radius 1 is 1.24 bits per heavy atom. The van der Waals surface area contributed by atoms with E-state index in [-0.39, 0.29) is 5.91 Å². The summed E-state index contributed by atoms with van der Waals surface area (Å²) in [5, 5.41) is 3.47. The molecular weight excluding hydrogens is 286 g/mol. The molecule has 1 aromatic heterocycles. The molecule has 0 bridgehead atoms. The molecule has 0 radical (unpaired) electrons. The lowest BCUT2D eigenvalue weighted by Crippen LogP contribution is -2.11. The Bertz CT molecular complexity index is 839. The molecule has 0 spiro atoms. The van der Waals surface area contributed by atoms with Crippen molar-refractivity contribution in [2.75, 3.05) is 5.32 Å². The minimum atomic E-state index is -0.178. The van der Waals surface area contributed by atoms with Crippen LogP contribution in [0.1, 0.15) is 15.9 Å². The Morgan fingerprint density at radius 2 is 2.05 bits per heavy atom. The van der Waals surface area contributed by atoms with Crippen molar-refractivity contribution in [2.45, 2.75) is 6.92 Å². The zero-order valence-corrected chi connectivity index (χ0v) is 12.5. The van der Waals surface area contributed by atoms with Crippen LogP contribution in [0.2, 0.25) is 5.02 Å². The van der Waals surface area contributed by atoms with Gasteiger partial charge in [-0.05, 0) is 42.8 Å². The number of carbonyl (C=O) groups excluding carboxylic acids is 1. The minimum absolute atomic E-state index is 0.178. The number of benzene rings is 2. The highest BCUT2D eigenvalue weighted by molar-refractivity contribution is 6.31. The van der Waals surface area contributed by atoms with Crippen LogP contribution in [0.4, 0.5) is 5.69 Å². The Labute approximate surface area is 127 Å². The summed E-state index contributed by atoms with van der Waals surface area (Å²) >= 11 is 6.06. The van der Waals surface area contributed by atoms with Gasteiger partial charge in [0.05, 0.1) is 17.4 Å². The van der Waals surface area contributed by atoms with Crippen LogP contribution >= 0.6 is 11.6 Å². The lowest BCUT2D eigenvalue weighted by Gasteiger charge is -2.07. The van der Waals surface area contributed by atoms with E-state index in [1.165, 1.54) is 0 Å². The highest BCUT2D eigenvalue weighted by Crippen LogP contribution is 2.21. The van der Waals surface area contributed by atoms with Gasteiger partial charge < -0.3 is 9.88 Å². The van der Waals surface area contributed by atoms with Crippen LogP contribution in [-0.2, 0) is 7.05 Å². The van der Waals surface area contributed by atoms with Gasteiger partial charge in [-0.25, -0.2) is 4.98 Å². The molecule has 1 heterocycles. The lowest BCUT2D eigenvalue weighted by molar-refractivity contribution is 0.102. The summed E-state index contributed by atoms with van der Waals surface area (Å²) in [7, 11) is 1.92. The standard InChI is InChI=1S/C16H14ClN3O/c1-10-3-5-12(8-13(10)17)19-16(21)11-4-6-15-14(7-11)18-9-20(15)2/h3-9H,1-2H3,(H,19,21). The Balaban J connectivity index is 1.87. The maximum absolute atomic E-state index is 12.3. The van der Waals surface area contributed by atoms with Crippen molar-refractivity contribution in [2.24, 2.45) is 7.05 Å². The van der Waals surface area contributed by atoms with Crippen LogP contribution in [0.25, 0.3) is 11.0 Å². The van der Waals surface area contributed by atoms with E-state index in [4.69, 9.17) is 11.6 Å². The molecule has 1 amide bonds. The number of nitrogens with one attached hydrogen (secondary N) is 1. The molecule has 0 aliphatic rings. The summed E-state index contributed by atoms with van der Waals surface area (Å²) in [5.41, 5.74) is 4.01. The van der Waals surface area contributed by atoms with Gasteiger partial charge in [-0.3, -0.25) is 4.79 Å². The number of halogens is 1. The summed E-state index contributed by atoms with van der Waals surface area (Å²) in [6.07, 6.45) is 1.73. The molecule has 0 aliphatic carbocycles. The molecular formula is C16H14ClN3O. The monoisotopic (exact) mass is 299 g/mol. The topological polar surface area (TPSA) is 46.9 Å². The fraction of sp³-hybridized carbons (Fsp3) is 0.125. The molecule has 106 valence electrons. The fourth-order valence-corrected chi connectivity index (χ4v) is 2.33. The smallest absolute Gasteiger partial charge is 0.255 e. The van der Waals surface area contributed by atoms with Crippen molar-refractivity contribution in [3.63, 3.8) is 0 Å². The second kappa shape index (κ2) is 5.22. The zero-order chi connectivity index (χ0) is 15.0. The Morgan fingerprint density at radius 3 is 2.81 bits per heavy atom. The van der Waals surface area contributed by atoms with Crippen molar-refractivity contribution in [1.29, 1.82) is 0 Å². The first kappa shape index (κ1) is 13.6. The van der Waals surface area contributed by atoms with Crippen LogP contribution in [0.15, 0.2) is 42.7 Å². The number of nitrogens with zero attached hydrogens (tertiary/aromatic N) is 2. The molecule has 0 saturated heterocycles. The van der Waals surface area contributed by atoms with Crippen LogP contribution in [0.5, 0.6) is 0 Å². The predicted molar refractivity (Wildman–Crippen MR) is 84.9 cm³/mol. The van der Waals surface area contributed by atoms with Gasteiger partial charge in [-0.2, -0.15) is 0 Å². The maximum atomic E-state index is 12.3. The van der Waals surface area contributed by atoms with Crippen molar-refractivity contribution >= 4 is 34.2 Å². The molecule has 5 heteroatoms. The molecule has 21 heavy (non-hydrogen) atoms. The maximum Gasteiger partial charge on any atom is 0.255 e. The van der Waals surface area contributed by atoms with E-state index < -0.39 is 0 Å². The molecule has 0 saturated carbocycles. The normalized spacial score (nSPS) is 10.8. The van der Waals surface area contributed by atoms with Crippen LogP contribution in [-0.4, -0.2) is 15.5 Å². The number of hydrogen-bond donors (Lipinski definition) is 1. The Hall–Kier alpha value is -2.33. The average molecular weight is 300 g/mol. The van der Waals surface area contributed by atoms with E-state index in [0.717, 1.165) is 16.6 Å². The SMILES string of the molecule is Cc1ccc(NC(=O)c2ccc3c(c2)ncn3C)cc1Cl. The van der Waals surface area contributed by atoms with Gasteiger partial charge in [0.1, 0.15) is 0 Å². The van der Waals surface area contributed by atoms with E-state index in [9.17, 15) is 4.79 Å². The number of rotatable bonds is 2. The minimum Gasteiger partial charge on any atom is -0.334 e. The first-order chi connectivity index (χ1) is 10.0. The fourth-order valence-electron chi connectivity index (χ4n) is 2.15. The second-order valence-electron chi connectivity index (χ2n) is 4.98. The van der Waals surface area contributed by atoms with Crippen LogP contribution in [0.3, 0.4) is 0 Å². The molecule has 1 N–H and O–H groups in total. The third kappa shape index (κ3) is 2.62. The molecule has 4 nitrogen and oxygen atoms in total. The van der Waals surface area contributed by atoms with Gasteiger partial charge in [0, 0.05) is 23.3 Å². The second-order valence-corrected chi connectivity index (χ2v) is 5.38. The van der Waals surface area contributed by atoms with Crippen LogP contribution < -0.4 is 5.32 Å². The summed E-state index contributed by atoms with van der Waals surface area (Å²) in [4.78, 5) is 16.5. The average Bonchev–Trinajstić information content (AvgIpc) is 2.84. The van der Waals surface area contributed by atoms with E-state index in [2.05, 4.69) is 10.3 Å². The van der Waals surface area contributed by atoms with Gasteiger partial charge in [-0.15, -0.1) is 0 Å². The third-order valence-corrected chi connectivity index (χ3v) is 3.82. The van der Waals surface area contributed by atoms with E-state index >= 15 is 0 Å². The number of fused-ring (bicyclic) bond motifs is 1. The first-order valence-electron chi connectivity index (χ1n) is 6.53. The molecule has 3 rings (SSSR count). The van der Waals surface area contributed by atoms with Crippen LogP contribution in [0, 0.1) is 6.92 Å². The van der Waals surface area contributed by atoms with Gasteiger partial charge in [-0.1, -0.05) is 17.7 Å². The summed E-state index contributed by atoms with van der Waals surface area (Å²) in [5.74, 6) is -0.178. The number of imidazole rings is 1. The number of amides is 1. The van der Waals surface area contributed by atoms with E-state index in [1.54, 1.807) is 24.5 Å². The number of aromatic nitrogens is 2. The molecule has 0 unspecified atom stereocenters. The van der Waals surface area contributed by atoms with Crippen molar-refractivity contribution in [1.82, 2.24) is 9.55 Å². The molecule has 0 atom stereocenters. The zero-order valence-electron chi connectivity index (χ0n) is 11.7. The van der Waals surface area contributed by atoms with Crippen molar-refractivity contribution in [3.8, 4) is 0 Å². The summed E-state index contributed by atoms with van der Waals surface area (Å²) in [6.45, 7) is 1.92. The Kier molecular flexibility index (Phi) is 3.39. The number of aryl methyl sites for hydroxylation is 2. The van der Waals surface area contributed by atoms with E-state index in [1.807, 2.05) is 36.7 Å². The van der Waals surface area contributed by atoms with E-state index in [0.29, 0.717) is 16.3 Å². The molecule has 0 aliphatic heterocycles. The first-order valence-corrected chi connectivity index (χ1v) is 6.91. The number of anilines is 1.